The van der Waals surface area contributed by atoms with Gasteiger partial charge in [-0.2, -0.15) is 8.78 Å². The van der Waals surface area contributed by atoms with Crippen LogP contribution >= 0.6 is 23.2 Å². The first-order chi connectivity index (χ1) is 25.0. The zero-order valence-electron chi connectivity index (χ0n) is 28.7. The van der Waals surface area contributed by atoms with Crippen molar-refractivity contribution < 1.29 is 50.7 Å². The van der Waals surface area contributed by atoms with Crippen LogP contribution in [0, 0.1) is 11.8 Å². The second-order valence-electron chi connectivity index (χ2n) is 13.3. The Morgan fingerprint density at radius 1 is 1.00 bits per heavy atom. The maximum atomic E-state index is 14.3. The van der Waals surface area contributed by atoms with Gasteiger partial charge < -0.3 is 23.7 Å². The molecule has 0 spiro atoms. The average Bonchev–Trinajstić information content (AvgIpc) is 4.04. The van der Waals surface area contributed by atoms with Crippen molar-refractivity contribution in [1.82, 2.24) is 4.90 Å². The van der Waals surface area contributed by atoms with Gasteiger partial charge in [-0.1, -0.05) is 35.3 Å². The van der Waals surface area contributed by atoms with E-state index in [1.54, 1.807) is 12.1 Å². The molecule has 2 aliphatic carbocycles. The minimum absolute atomic E-state index is 0.00215. The van der Waals surface area contributed by atoms with Crippen LogP contribution in [0.3, 0.4) is 0 Å². The normalized spacial score (nSPS) is 17.1. The van der Waals surface area contributed by atoms with Crippen LogP contribution in [0.5, 0.6) is 17.2 Å². The number of sulfonamides is 1. The van der Waals surface area contributed by atoms with Gasteiger partial charge >= 0.3 is 12.6 Å². The summed E-state index contributed by atoms with van der Waals surface area (Å²) in [5.74, 6) is -0.198. The Hall–Kier alpha value is -3.43. The van der Waals surface area contributed by atoms with Crippen LogP contribution in [-0.4, -0.2) is 84.8 Å². The first kappa shape index (κ1) is 38.3. The number of morpholine rings is 1. The minimum Gasteiger partial charge on any atom is -0.490 e. The zero-order valence-corrected chi connectivity index (χ0v) is 31.0. The number of rotatable bonds is 18. The number of carbonyl (C=O) groups is 1. The molecule has 3 fully saturated rings. The highest BCUT2D eigenvalue weighted by Gasteiger charge is 2.32. The average molecular weight is 786 g/mol. The number of anilines is 1. The number of ether oxygens (including phenoxy) is 5. The molecule has 16 heteroatoms. The number of alkyl halides is 2. The van der Waals surface area contributed by atoms with E-state index in [0.29, 0.717) is 63.1 Å². The summed E-state index contributed by atoms with van der Waals surface area (Å²) < 4.78 is 83.0. The van der Waals surface area contributed by atoms with Gasteiger partial charge in [-0.05, 0) is 67.3 Å². The number of aromatic amines is 1. The predicted octanol–water partition coefficient (Wildman–Crippen LogP) is 6.23. The molecule has 11 nitrogen and oxygen atoms in total. The molecule has 52 heavy (non-hydrogen) atoms. The van der Waals surface area contributed by atoms with Crippen molar-refractivity contribution in [2.45, 2.75) is 44.8 Å². The second-order valence-corrected chi connectivity index (χ2v) is 16.0. The number of carbonyl (C=O) groups excluding carboxylic acids is 1. The molecule has 1 aliphatic heterocycles. The number of nitrogens with zero attached hydrogens (tertiary/aromatic N) is 2. The number of aromatic nitrogens is 1. The molecule has 2 saturated carbocycles. The van der Waals surface area contributed by atoms with Crippen LogP contribution in [0.2, 0.25) is 10.0 Å². The lowest BCUT2D eigenvalue weighted by molar-refractivity contribution is -0.377. The maximum absolute atomic E-state index is 14.3. The molecule has 1 atom stereocenters. The fourth-order valence-corrected chi connectivity index (χ4v) is 7.29. The molecular formula is C36H42Cl2F2N3O8S+. The first-order valence-electron chi connectivity index (χ1n) is 17.3. The monoisotopic (exact) mass is 784 g/mol. The molecule has 0 radical (unpaired) electrons. The van der Waals surface area contributed by atoms with Gasteiger partial charge in [-0.3, -0.25) is 9.21 Å². The standard InChI is InChI=1S/C36H41Cl2F2N3O8S/c1-52(45,46)43(12-11-42-13-15-47-16-14-42)30-4-2-3-26(34(30)49-22-24-7-8-24)35(44)50-32(18-27-28(37)19-41-20-29(27)38)25-9-10-31(51-36(39)40)33(17-25)48-21-23-5-6-23/h2-4,9-10,17,19-20,23-24,32,36H,5-8,11-16,18,21-22H2,1H3/p+1/t32-/m0/s1. The molecule has 1 saturated heterocycles. The Bertz CT molecular complexity index is 1800. The van der Waals surface area contributed by atoms with Crippen molar-refractivity contribution in [3.05, 3.63) is 75.5 Å². The molecule has 282 valence electrons. The van der Waals surface area contributed by atoms with E-state index in [9.17, 15) is 22.0 Å². The predicted molar refractivity (Wildman–Crippen MR) is 190 cm³/mol. The van der Waals surface area contributed by atoms with Gasteiger partial charge in [0.05, 0.1) is 38.4 Å². The van der Waals surface area contributed by atoms with Gasteiger partial charge in [-0.25, -0.2) is 18.2 Å². The quantitative estimate of drug-likeness (QED) is 0.139. The molecule has 0 amide bonds. The van der Waals surface area contributed by atoms with Crippen molar-refractivity contribution in [1.29, 1.82) is 0 Å². The Labute approximate surface area is 312 Å². The molecule has 3 aliphatic rings. The number of H-pyrrole nitrogens is 1. The highest BCUT2D eigenvalue weighted by Crippen LogP contribution is 2.40. The van der Waals surface area contributed by atoms with Crippen LogP contribution in [0.25, 0.3) is 0 Å². The lowest BCUT2D eigenvalue weighted by Crippen LogP contribution is -2.43. The fourth-order valence-electron chi connectivity index (χ4n) is 5.84. The van der Waals surface area contributed by atoms with Gasteiger partial charge in [0.15, 0.2) is 29.6 Å². The molecule has 0 bridgehead atoms. The lowest BCUT2D eigenvalue weighted by Gasteiger charge is -2.31. The van der Waals surface area contributed by atoms with Crippen molar-refractivity contribution in [3.63, 3.8) is 0 Å². The number of hydrogen-bond acceptors (Lipinski definition) is 9. The molecule has 2 heterocycles. The van der Waals surface area contributed by atoms with E-state index in [2.05, 4.69) is 9.88 Å². The molecule has 0 unspecified atom stereocenters. The topological polar surface area (TPSA) is 118 Å². The Balaban J connectivity index is 1.35. The zero-order chi connectivity index (χ0) is 36.8. The van der Waals surface area contributed by atoms with E-state index in [1.807, 2.05) is 0 Å². The van der Waals surface area contributed by atoms with Crippen molar-refractivity contribution in [3.8, 4) is 17.2 Å². The number of hydrogen-bond donors (Lipinski definition) is 0. The van der Waals surface area contributed by atoms with Gasteiger partial charge in [0.25, 0.3) is 0 Å². The number of benzene rings is 2. The molecule has 1 N–H and O–H groups in total. The van der Waals surface area contributed by atoms with Crippen LogP contribution < -0.4 is 23.5 Å². The molecule has 3 aromatic rings. The van der Waals surface area contributed by atoms with E-state index in [0.717, 1.165) is 31.9 Å². The second kappa shape index (κ2) is 17.1. The van der Waals surface area contributed by atoms with Crippen LogP contribution in [0.1, 0.15) is 53.3 Å². The summed E-state index contributed by atoms with van der Waals surface area (Å²) >= 11 is 13.1. The minimum atomic E-state index is -3.82. The SMILES string of the molecule is CS(=O)(=O)N(CCN1CCOCC1)c1cccc(C(=O)O[C@@H](Cc2c(Cl)c[nH+]cc2Cl)c2ccc(OC(F)F)c(OCC3CC3)c2)c1OCC1CC1. The van der Waals surface area contributed by atoms with Gasteiger partial charge in [-0.15, -0.1) is 0 Å². The maximum Gasteiger partial charge on any atom is 0.387 e. The summed E-state index contributed by atoms with van der Waals surface area (Å²) in [5.41, 5.74) is 1.11. The summed E-state index contributed by atoms with van der Waals surface area (Å²) in [7, 11) is -3.82. The number of nitrogens with one attached hydrogen (secondary N) is 1. The van der Waals surface area contributed by atoms with E-state index in [-0.39, 0.29) is 57.4 Å². The van der Waals surface area contributed by atoms with E-state index < -0.39 is 28.7 Å². The van der Waals surface area contributed by atoms with Crippen molar-refractivity contribution in [2.24, 2.45) is 11.8 Å². The Kier molecular flexibility index (Phi) is 12.6. The van der Waals surface area contributed by atoms with Gasteiger partial charge in [0.2, 0.25) is 10.0 Å². The molecule has 1 aromatic heterocycles. The van der Waals surface area contributed by atoms with Crippen molar-refractivity contribution in [2.75, 3.05) is 63.2 Å². The summed E-state index contributed by atoms with van der Waals surface area (Å²) in [5, 5.41) is 0.576. The summed E-state index contributed by atoms with van der Waals surface area (Å²) in [6, 6.07) is 9.08. The number of halogens is 4. The van der Waals surface area contributed by atoms with Crippen LogP contribution in [-0.2, 0) is 25.9 Å². The third-order valence-electron chi connectivity index (χ3n) is 9.13. The van der Waals surface area contributed by atoms with Crippen LogP contribution in [0.15, 0.2) is 48.8 Å². The summed E-state index contributed by atoms with van der Waals surface area (Å²) in [6.45, 7) is 0.564. The Morgan fingerprint density at radius 2 is 1.67 bits per heavy atom. The fraction of sp³-hybridized carbons (Fsp3) is 0.500. The Morgan fingerprint density at radius 3 is 2.31 bits per heavy atom. The van der Waals surface area contributed by atoms with Crippen molar-refractivity contribution >= 4 is 44.9 Å². The lowest BCUT2D eigenvalue weighted by atomic mass is 10.0. The first-order valence-corrected chi connectivity index (χ1v) is 19.9. The van der Waals surface area contributed by atoms with E-state index in [1.165, 1.54) is 41.0 Å². The third kappa shape index (κ3) is 10.4. The number of para-hydroxylation sites is 1. The highest BCUT2D eigenvalue weighted by molar-refractivity contribution is 7.92. The highest BCUT2D eigenvalue weighted by atomic mass is 35.5. The van der Waals surface area contributed by atoms with Gasteiger partial charge in [0.1, 0.15) is 21.7 Å². The number of esters is 1. The summed E-state index contributed by atoms with van der Waals surface area (Å²) in [4.78, 5) is 19.3. The molecule has 6 rings (SSSR count). The summed E-state index contributed by atoms with van der Waals surface area (Å²) in [6.07, 6.45) is 7.01. The smallest absolute Gasteiger partial charge is 0.387 e. The van der Waals surface area contributed by atoms with Gasteiger partial charge in [0, 0.05) is 38.2 Å². The van der Waals surface area contributed by atoms with E-state index >= 15 is 0 Å². The third-order valence-corrected chi connectivity index (χ3v) is 11.0. The van der Waals surface area contributed by atoms with Crippen LogP contribution in [0.4, 0.5) is 14.5 Å². The number of pyridine rings is 1. The molecular weight excluding hydrogens is 743 g/mol. The molecule has 2 aromatic carbocycles. The van der Waals surface area contributed by atoms with E-state index in [4.69, 9.17) is 46.9 Å². The largest absolute Gasteiger partial charge is 0.490 e.